The highest BCUT2D eigenvalue weighted by Gasteiger charge is 2.59. The zero-order valence-electron chi connectivity index (χ0n) is 15.9. The monoisotopic (exact) mass is 356 g/mol. The predicted octanol–water partition coefficient (Wildman–Crippen LogP) is 3.80. The number of esters is 1. The summed E-state index contributed by atoms with van der Waals surface area (Å²) in [4.78, 5) is 37.1. The van der Waals surface area contributed by atoms with Crippen LogP contribution in [0.5, 0.6) is 0 Å². The van der Waals surface area contributed by atoms with Crippen LogP contribution in [0.15, 0.2) is 23.8 Å². The van der Waals surface area contributed by atoms with Gasteiger partial charge in [-0.25, -0.2) is 0 Å². The van der Waals surface area contributed by atoms with E-state index >= 15 is 0 Å². The molecule has 0 aliphatic heterocycles. The lowest BCUT2D eigenvalue weighted by Crippen LogP contribution is -2.53. The molecule has 0 unspecified atom stereocenters. The van der Waals surface area contributed by atoms with Gasteiger partial charge in [0, 0.05) is 30.1 Å². The molecule has 4 aliphatic carbocycles. The van der Waals surface area contributed by atoms with Crippen LogP contribution in [0, 0.1) is 28.6 Å². The van der Waals surface area contributed by atoms with Crippen molar-refractivity contribution < 1.29 is 19.1 Å². The fourth-order valence-corrected chi connectivity index (χ4v) is 6.03. The topological polar surface area (TPSA) is 60.4 Å². The largest absolute Gasteiger partial charge is 0.462 e. The maximum Gasteiger partial charge on any atom is 0.305 e. The van der Waals surface area contributed by atoms with Crippen molar-refractivity contribution in [3.63, 3.8) is 0 Å². The van der Waals surface area contributed by atoms with Gasteiger partial charge in [-0.2, -0.15) is 0 Å². The first-order valence-electron chi connectivity index (χ1n) is 9.96. The Morgan fingerprint density at radius 1 is 1.19 bits per heavy atom. The van der Waals surface area contributed by atoms with Gasteiger partial charge in [0.1, 0.15) is 6.10 Å². The summed E-state index contributed by atoms with van der Waals surface area (Å²) in [6, 6.07) is 0. The van der Waals surface area contributed by atoms with Gasteiger partial charge in [0.15, 0.2) is 11.6 Å². The third-order valence-electron chi connectivity index (χ3n) is 7.77. The van der Waals surface area contributed by atoms with Crippen LogP contribution in [0.2, 0.25) is 0 Å². The molecule has 0 saturated heterocycles. The first kappa shape index (κ1) is 17.7. The summed E-state index contributed by atoms with van der Waals surface area (Å²) in [5.74, 6) is 0.421. The maximum atomic E-state index is 13.1. The Kier molecular flexibility index (Phi) is 4.01. The highest BCUT2D eigenvalue weighted by Crippen LogP contribution is 2.62. The Labute approximate surface area is 155 Å². The van der Waals surface area contributed by atoms with E-state index in [0.717, 1.165) is 31.3 Å². The Balaban J connectivity index is 1.64. The molecule has 6 atom stereocenters. The molecule has 0 heterocycles. The molecule has 4 rings (SSSR count). The molecule has 2 saturated carbocycles. The Hall–Kier alpha value is -1.71. The lowest BCUT2D eigenvalue weighted by molar-refractivity contribution is -0.151. The fourth-order valence-electron chi connectivity index (χ4n) is 6.03. The number of allylic oxidation sites excluding steroid dienone is 3. The highest BCUT2D eigenvalue weighted by atomic mass is 16.5. The molecule has 0 aromatic rings. The molecule has 2 fully saturated rings. The van der Waals surface area contributed by atoms with E-state index in [4.69, 9.17) is 4.74 Å². The second-order valence-corrected chi connectivity index (χ2v) is 9.04. The molecular formula is C22H28O4. The van der Waals surface area contributed by atoms with Crippen molar-refractivity contribution >= 4 is 17.5 Å². The summed E-state index contributed by atoms with van der Waals surface area (Å²) in [6.07, 6.45) is 10.0. The van der Waals surface area contributed by atoms with E-state index in [0.29, 0.717) is 12.8 Å². The third kappa shape index (κ3) is 2.37. The van der Waals surface area contributed by atoms with Gasteiger partial charge in [0.25, 0.3) is 0 Å². The van der Waals surface area contributed by atoms with E-state index in [2.05, 4.69) is 6.92 Å². The minimum Gasteiger partial charge on any atom is -0.462 e. The van der Waals surface area contributed by atoms with Crippen LogP contribution in [0.1, 0.15) is 59.3 Å². The van der Waals surface area contributed by atoms with Crippen molar-refractivity contribution in [2.45, 2.75) is 65.4 Å². The molecule has 0 amide bonds. The summed E-state index contributed by atoms with van der Waals surface area (Å²) in [7, 11) is 0. The van der Waals surface area contributed by atoms with Crippen molar-refractivity contribution in [2.75, 3.05) is 0 Å². The summed E-state index contributed by atoms with van der Waals surface area (Å²) in [5, 5.41) is 0. The van der Waals surface area contributed by atoms with E-state index in [1.165, 1.54) is 0 Å². The van der Waals surface area contributed by atoms with Crippen molar-refractivity contribution in [3.8, 4) is 0 Å². The molecule has 26 heavy (non-hydrogen) atoms. The van der Waals surface area contributed by atoms with Gasteiger partial charge in [-0.3, -0.25) is 14.4 Å². The van der Waals surface area contributed by atoms with E-state index in [9.17, 15) is 14.4 Å². The van der Waals surface area contributed by atoms with Gasteiger partial charge in [0.2, 0.25) is 0 Å². The van der Waals surface area contributed by atoms with Crippen LogP contribution in [0.25, 0.3) is 0 Å². The van der Waals surface area contributed by atoms with E-state index in [-0.39, 0.29) is 46.8 Å². The minimum absolute atomic E-state index is 0.0193. The summed E-state index contributed by atoms with van der Waals surface area (Å²) in [6.45, 7) is 6.12. The van der Waals surface area contributed by atoms with Gasteiger partial charge >= 0.3 is 5.97 Å². The Morgan fingerprint density at radius 3 is 2.65 bits per heavy atom. The number of ether oxygens (including phenoxy) is 1. The lowest BCUT2D eigenvalue weighted by Gasteiger charge is -2.55. The van der Waals surface area contributed by atoms with E-state index in [1.54, 1.807) is 13.0 Å². The number of carbonyl (C=O) groups is 3. The number of hydrogen-bond donors (Lipinski definition) is 0. The predicted molar refractivity (Wildman–Crippen MR) is 97.2 cm³/mol. The zero-order chi connectivity index (χ0) is 18.7. The van der Waals surface area contributed by atoms with Crippen LogP contribution in [0.3, 0.4) is 0 Å². The molecule has 0 N–H and O–H groups in total. The van der Waals surface area contributed by atoms with Gasteiger partial charge in [-0.15, -0.1) is 0 Å². The molecule has 4 aliphatic rings. The van der Waals surface area contributed by atoms with Crippen molar-refractivity contribution in [1.82, 2.24) is 0 Å². The number of ketones is 2. The first-order chi connectivity index (χ1) is 12.3. The summed E-state index contributed by atoms with van der Waals surface area (Å²) >= 11 is 0. The third-order valence-corrected chi connectivity index (χ3v) is 7.77. The summed E-state index contributed by atoms with van der Waals surface area (Å²) in [5.41, 5.74) is 0.738. The Morgan fingerprint density at radius 2 is 1.92 bits per heavy atom. The van der Waals surface area contributed by atoms with Crippen molar-refractivity contribution in [3.05, 3.63) is 23.8 Å². The van der Waals surface area contributed by atoms with Crippen LogP contribution < -0.4 is 0 Å². The minimum atomic E-state index is -0.396. The fraction of sp³-hybridized carbons (Fsp3) is 0.682. The van der Waals surface area contributed by atoms with Crippen LogP contribution in [-0.2, 0) is 19.1 Å². The SMILES string of the molecule is CCC(=O)O[C@H]1CC[C@@]2(C)C(=CC(=O)[C@@H]3[C@@H]2CC[C@]2(C)C(=O)C=C[C@@H]32)C1. The van der Waals surface area contributed by atoms with Gasteiger partial charge in [0.05, 0.1) is 0 Å². The number of fused-ring (bicyclic) bond motifs is 5. The standard InChI is InChI=1S/C22H28O4/c1-4-19(25)26-14-7-9-21(2)13(11-14)12-17(23)20-15-5-6-18(24)22(15,3)10-8-16(20)21/h5-6,12,14-16,20H,4,7-11H2,1-3H3/t14-,15-,16-,20-,21-,22-/m0/s1. The second kappa shape index (κ2) is 5.90. The van der Waals surface area contributed by atoms with Gasteiger partial charge < -0.3 is 4.74 Å². The van der Waals surface area contributed by atoms with Gasteiger partial charge in [-0.05, 0) is 49.2 Å². The van der Waals surface area contributed by atoms with Gasteiger partial charge in [-0.1, -0.05) is 32.4 Å². The molecule has 140 valence electrons. The number of rotatable bonds is 2. The highest BCUT2D eigenvalue weighted by molar-refractivity contribution is 6.01. The summed E-state index contributed by atoms with van der Waals surface area (Å²) < 4.78 is 5.56. The second-order valence-electron chi connectivity index (χ2n) is 9.04. The average molecular weight is 356 g/mol. The quantitative estimate of drug-likeness (QED) is 0.706. The van der Waals surface area contributed by atoms with E-state index in [1.807, 2.05) is 19.1 Å². The zero-order valence-corrected chi connectivity index (χ0v) is 15.9. The molecule has 0 bridgehead atoms. The Bertz CT molecular complexity index is 732. The van der Waals surface area contributed by atoms with Crippen molar-refractivity contribution in [1.29, 1.82) is 0 Å². The molecule has 0 aromatic heterocycles. The molecule has 0 aromatic carbocycles. The average Bonchev–Trinajstić information content (AvgIpc) is 2.91. The molecule has 4 nitrogen and oxygen atoms in total. The van der Waals surface area contributed by atoms with E-state index < -0.39 is 5.41 Å². The normalized spacial score (nSPS) is 44.0. The lowest BCUT2D eigenvalue weighted by atomic mass is 9.47. The van der Waals surface area contributed by atoms with Crippen LogP contribution in [-0.4, -0.2) is 23.6 Å². The first-order valence-corrected chi connectivity index (χ1v) is 9.96. The number of hydrogen-bond acceptors (Lipinski definition) is 4. The van der Waals surface area contributed by atoms with Crippen LogP contribution >= 0.6 is 0 Å². The smallest absolute Gasteiger partial charge is 0.305 e. The molecule has 0 spiro atoms. The van der Waals surface area contributed by atoms with Crippen molar-refractivity contribution in [2.24, 2.45) is 28.6 Å². The molecular weight excluding hydrogens is 328 g/mol. The number of carbonyl (C=O) groups excluding carboxylic acids is 3. The molecule has 4 heteroatoms. The van der Waals surface area contributed by atoms with Crippen LogP contribution in [0.4, 0.5) is 0 Å². The molecule has 0 radical (unpaired) electrons. The maximum absolute atomic E-state index is 13.1.